The number of thiophene rings is 1. The molecule has 2 heterocycles. The van der Waals surface area contributed by atoms with Gasteiger partial charge in [0.1, 0.15) is 12.2 Å². The number of anilines is 1. The molecule has 3 amide bonds. The van der Waals surface area contributed by atoms with Crippen molar-refractivity contribution >= 4 is 55.1 Å². The molecule has 4 rings (SSSR count). The first-order valence-corrected chi connectivity index (χ1v) is 18.1. The number of aryl methyl sites for hydroxylation is 1. The summed E-state index contributed by atoms with van der Waals surface area (Å²) in [4.78, 5) is 41.5. The third-order valence-corrected chi connectivity index (χ3v) is 10.0. The van der Waals surface area contributed by atoms with Gasteiger partial charge in [0.2, 0.25) is 11.8 Å². The number of fused-ring (bicyclic) bond motifs is 1. The number of carbonyl (C=O) groups is 3. The van der Waals surface area contributed by atoms with Gasteiger partial charge in [0.25, 0.3) is 16.0 Å². The molecule has 242 valence electrons. The molecular weight excluding hydrogens is 623 g/mol. The summed E-state index contributed by atoms with van der Waals surface area (Å²) in [6.07, 6.45) is 6.27. The maximum absolute atomic E-state index is 13.6. The zero-order valence-corrected chi connectivity index (χ0v) is 30.2. The van der Waals surface area contributed by atoms with Crippen molar-refractivity contribution in [2.45, 2.75) is 84.2 Å². The molecule has 1 aromatic carbocycles. The number of benzene rings is 1. The van der Waals surface area contributed by atoms with E-state index in [9.17, 15) is 22.8 Å². The summed E-state index contributed by atoms with van der Waals surface area (Å²) in [6.45, 7) is 5.15. The number of carbonyl (C=O) groups excluding carboxylic acids is 3. The van der Waals surface area contributed by atoms with Crippen LogP contribution in [0.2, 0.25) is 0 Å². The van der Waals surface area contributed by atoms with Crippen LogP contribution in [0.15, 0.2) is 41.8 Å². The first-order chi connectivity index (χ1) is 21.1. The molecule has 0 atom stereocenters. The molecule has 0 saturated heterocycles. The minimum atomic E-state index is -3.91. The van der Waals surface area contributed by atoms with Gasteiger partial charge in [-0.25, -0.2) is 0 Å². The standard InChI is InChI=1S/C32H44N4O6S2.Na.H/c1-3-23-10-9-11-26(20-23)35(4-2)30(37)22-36-27-16-18-43-29(27)21-28(36)32(39)34-25-14-12-24(13-15-25)31(38)33-17-7-5-6-8-19-44(40,41)42;;/h9-11,16,18,20-21,24-25H,3-8,12-15,17,19,22H2,1-2H3,(H,33,38)(H,34,39)(H,40,41,42);;/q;+1;-1. The predicted molar refractivity (Wildman–Crippen MR) is 176 cm³/mol. The molecule has 0 aliphatic heterocycles. The van der Waals surface area contributed by atoms with Crippen LogP contribution < -0.4 is 45.1 Å². The Bertz CT molecular complexity index is 1550. The molecule has 3 aromatic rings. The molecule has 10 nitrogen and oxygen atoms in total. The van der Waals surface area contributed by atoms with Crippen molar-refractivity contribution in [3.8, 4) is 0 Å². The molecule has 1 aliphatic rings. The fourth-order valence-corrected chi connectivity index (χ4v) is 7.27. The minimum absolute atomic E-state index is 0. The molecular formula is C32H45N4NaO6S2. The fraction of sp³-hybridized carbons (Fsp3) is 0.531. The monoisotopic (exact) mass is 668 g/mol. The van der Waals surface area contributed by atoms with Crippen LogP contribution in [0.5, 0.6) is 0 Å². The average Bonchev–Trinajstić information content (AvgIpc) is 3.59. The van der Waals surface area contributed by atoms with Crippen molar-refractivity contribution in [3.05, 3.63) is 53.0 Å². The van der Waals surface area contributed by atoms with Gasteiger partial charge in [0.15, 0.2) is 0 Å². The van der Waals surface area contributed by atoms with Crippen LogP contribution in [0, 0.1) is 5.92 Å². The summed E-state index contributed by atoms with van der Waals surface area (Å²) in [5, 5.41) is 8.10. The number of nitrogens with zero attached hydrogens (tertiary/aromatic N) is 2. The summed E-state index contributed by atoms with van der Waals surface area (Å²) >= 11 is 1.54. The van der Waals surface area contributed by atoms with Crippen molar-refractivity contribution in [1.82, 2.24) is 15.2 Å². The number of amides is 3. The number of hydrogen-bond donors (Lipinski definition) is 3. The molecule has 1 fully saturated rings. The van der Waals surface area contributed by atoms with E-state index in [0.29, 0.717) is 57.3 Å². The van der Waals surface area contributed by atoms with Gasteiger partial charge in [-0.15, -0.1) is 11.3 Å². The summed E-state index contributed by atoms with van der Waals surface area (Å²) in [5.74, 6) is -0.597. The first-order valence-electron chi connectivity index (χ1n) is 15.6. The van der Waals surface area contributed by atoms with E-state index in [0.717, 1.165) is 40.7 Å². The first kappa shape index (κ1) is 37.2. The van der Waals surface area contributed by atoms with Gasteiger partial charge in [-0.1, -0.05) is 31.9 Å². The van der Waals surface area contributed by atoms with Crippen LogP contribution in [-0.4, -0.2) is 60.1 Å². The van der Waals surface area contributed by atoms with E-state index in [4.69, 9.17) is 4.55 Å². The smallest absolute Gasteiger partial charge is 1.00 e. The number of unbranched alkanes of at least 4 members (excludes halogenated alkanes) is 3. The number of rotatable bonds is 15. The van der Waals surface area contributed by atoms with Gasteiger partial charge < -0.3 is 21.5 Å². The van der Waals surface area contributed by atoms with Crippen molar-refractivity contribution in [1.29, 1.82) is 0 Å². The van der Waals surface area contributed by atoms with Crippen LogP contribution in [0.3, 0.4) is 0 Å². The molecule has 0 unspecified atom stereocenters. The summed E-state index contributed by atoms with van der Waals surface area (Å²) in [5.41, 5.74) is 3.35. The summed E-state index contributed by atoms with van der Waals surface area (Å²) in [7, 11) is -3.91. The molecule has 2 aromatic heterocycles. The van der Waals surface area contributed by atoms with Crippen LogP contribution in [0.4, 0.5) is 5.69 Å². The van der Waals surface area contributed by atoms with Gasteiger partial charge in [-0.2, -0.15) is 8.42 Å². The van der Waals surface area contributed by atoms with Crippen LogP contribution >= 0.6 is 11.3 Å². The van der Waals surface area contributed by atoms with Crippen molar-refractivity contribution in [2.24, 2.45) is 5.92 Å². The van der Waals surface area contributed by atoms with Gasteiger partial charge in [-0.3, -0.25) is 18.9 Å². The number of nitrogens with one attached hydrogen (secondary N) is 2. The van der Waals surface area contributed by atoms with E-state index >= 15 is 0 Å². The Morgan fingerprint density at radius 1 is 1.04 bits per heavy atom. The molecule has 3 N–H and O–H groups in total. The Hall–Kier alpha value is -2.22. The number of aromatic nitrogens is 1. The van der Waals surface area contributed by atoms with E-state index < -0.39 is 10.1 Å². The molecule has 0 bridgehead atoms. The summed E-state index contributed by atoms with van der Waals surface area (Å²) < 4.78 is 33.1. The zero-order chi connectivity index (χ0) is 31.7. The van der Waals surface area contributed by atoms with Crippen LogP contribution in [-0.2, 0) is 32.7 Å². The van der Waals surface area contributed by atoms with Crippen molar-refractivity contribution < 1.29 is 58.3 Å². The Labute approximate surface area is 293 Å². The Balaban J connectivity index is 0.00000368. The van der Waals surface area contributed by atoms with Crippen LogP contribution in [0.25, 0.3) is 10.2 Å². The minimum Gasteiger partial charge on any atom is -1.00 e. The normalized spacial score (nSPS) is 16.6. The third-order valence-electron chi connectivity index (χ3n) is 8.36. The van der Waals surface area contributed by atoms with E-state index in [-0.39, 0.29) is 73.0 Å². The Morgan fingerprint density at radius 3 is 2.47 bits per heavy atom. The molecule has 13 heteroatoms. The molecule has 45 heavy (non-hydrogen) atoms. The molecule has 1 aliphatic carbocycles. The topological polar surface area (TPSA) is 138 Å². The second-order valence-electron chi connectivity index (χ2n) is 11.5. The largest absolute Gasteiger partial charge is 1.00 e. The molecule has 1 saturated carbocycles. The maximum atomic E-state index is 13.6. The number of hydrogen-bond acceptors (Lipinski definition) is 6. The summed E-state index contributed by atoms with van der Waals surface area (Å²) in [6, 6.07) is 11.8. The van der Waals surface area contributed by atoms with Gasteiger partial charge in [0.05, 0.1) is 16.0 Å². The predicted octanol–water partition coefficient (Wildman–Crippen LogP) is 2.29. The van der Waals surface area contributed by atoms with Crippen molar-refractivity contribution in [2.75, 3.05) is 23.7 Å². The van der Waals surface area contributed by atoms with E-state index in [1.54, 1.807) is 16.2 Å². The van der Waals surface area contributed by atoms with Crippen LogP contribution in [0.1, 0.15) is 82.7 Å². The number of likely N-dealkylation sites (N-methyl/N-ethyl adjacent to an activating group) is 1. The Morgan fingerprint density at radius 2 is 1.78 bits per heavy atom. The molecule has 0 spiro atoms. The SMILES string of the molecule is CCc1cccc(N(CC)C(=O)Cn2c(C(=O)NC3CCC(C(=O)NCCCCCCS(=O)(=O)O)CC3)cc3sccc32)c1.[H-].[Na+]. The maximum Gasteiger partial charge on any atom is 1.00 e. The third kappa shape index (κ3) is 10.7. The fourth-order valence-electron chi connectivity index (χ4n) is 5.88. The van der Waals surface area contributed by atoms with Gasteiger partial charge in [0, 0.05) is 30.7 Å². The van der Waals surface area contributed by atoms with E-state index in [2.05, 4.69) is 17.6 Å². The van der Waals surface area contributed by atoms with E-state index in [1.165, 1.54) is 0 Å². The second-order valence-corrected chi connectivity index (χ2v) is 14.0. The zero-order valence-electron chi connectivity index (χ0n) is 27.6. The van der Waals surface area contributed by atoms with Gasteiger partial charge >= 0.3 is 29.6 Å². The van der Waals surface area contributed by atoms with E-state index in [1.807, 2.05) is 53.3 Å². The van der Waals surface area contributed by atoms with Crippen molar-refractivity contribution in [3.63, 3.8) is 0 Å². The van der Waals surface area contributed by atoms with Gasteiger partial charge in [-0.05, 0) is 87.1 Å². The second kappa shape index (κ2) is 17.6. The quantitative estimate of drug-likeness (QED) is 0.129. The molecule has 0 radical (unpaired) electrons. The average molecular weight is 669 g/mol. The Kier molecular flexibility index (Phi) is 14.6.